The number of allylic oxidation sites excluding steroid dienone is 3. The van der Waals surface area contributed by atoms with E-state index < -0.39 is 58.2 Å². The van der Waals surface area contributed by atoms with Crippen LogP contribution in [0.2, 0.25) is 0 Å². The minimum absolute atomic E-state index is 0.0289. The van der Waals surface area contributed by atoms with Gasteiger partial charge in [-0.1, -0.05) is 46.4 Å². The zero-order chi connectivity index (χ0) is 28.9. The zero-order valence-electron chi connectivity index (χ0n) is 23.7. The summed E-state index contributed by atoms with van der Waals surface area (Å²) in [5.74, 6) is -2.85. The summed E-state index contributed by atoms with van der Waals surface area (Å²) < 4.78 is 22.5. The topological polar surface area (TPSA) is 109 Å². The maximum absolute atomic E-state index is 13.1. The van der Waals surface area contributed by atoms with E-state index in [0.29, 0.717) is 6.42 Å². The first-order chi connectivity index (χ1) is 18.2. The number of esters is 3. The number of furan rings is 1. The van der Waals surface area contributed by atoms with Gasteiger partial charge >= 0.3 is 17.9 Å². The molecule has 8 heteroatoms. The predicted molar refractivity (Wildman–Crippen MR) is 142 cm³/mol. The van der Waals surface area contributed by atoms with Crippen molar-refractivity contribution < 1.29 is 37.8 Å². The van der Waals surface area contributed by atoms with Crippen molar-refractivity contribution in [2.45, 2.75) is 72.5 Å². The van der Waals surface area contributed by atoms with Gasteiger partial charge in [-0.3, -0.25) is 19.2 Å². The summed E-state index contributed by atoms with van der Waals surface area (Å²) in [5.41, 5.74) is -0.0226. The first-order valence-corrected chi connectivity index (χ1v) is 13.3. The van der Waals surface area contributed by atoms with Gasteiger partial charge in [0.05, 0.1) is 26.1 Å². The summed E-state index contributed by atoms with van der Waals surface area (Å²) in [6.45, 7) is 14.8. The Bertz CT molecular complexity index is 1250. The second kappa shape index (κ2) is 9.96. The Hall–Kier alpha value is -3.42. The quantitative estimate of drug-likeness (QED) is 0.364. The van der Waals surface area contributed by atoms with E-state index in [9.17, 15) is 19.2 Å². The van der Waals surface area contributed by atoms with Gasteiger partial charge in [-0.25, -0.2) is 0 Å². The number of fused-ring (bicyclic) bond motifs is 1. The first kappa shape index (κ1) is 28.6. The number of carbonyl (C=O) groups is 4. The van der Waals surface area contributed by atoms with Crippen LogP contribution < -0.4 is 0 Å². The molecule has 0 radical (unpaired) electrons. The van der Waals surface area contributed by atoms with Gasteiger partial charge in [0.15, 0.2) is 5.78 Å². The Morgan fingerprint density at radius 2 is 1.77 bits per heavy atom. The van der Waals surface area contributed by atoms with Crippen LogP contribution in [0.3, 0.4) is 0 Å². The zero-order valence-corrected chi connectivity index (χ0v) is 23.7. The number of hydrogen-bond acceptors (Lipinski definition) is 8. The van der Waals surface area contributed by atoms with Crippen molar-refractivity contribution in [1.82, 2.24) is 0 Å². The van der Waals surface area contributed by atoms with Crippen LogP contribution in [0.1, 0.15) is 65.9 Å². The van der Waals surface area contributed by atoms with Crippen LogP contribution in [0.25, 0.3) is 0 Å². The Kier molecular flexibility index (Phi) is 7.30. The summed E-state index contributed by atoms with van der Waals surface area (Å²) in [6, 6.07) is 1.89. The fourth-order valence-electron chi connectivity index (χ4n) is 7.55. The molecule has 39 heavy (non-hydrogen) atoms. The largest absolute Gasteiger partial charge is 0.472 e. The summed E-state index contributed by atoms with van der Waals surface area (Å²) in [7, 11) is 1.32. The van der Waals surface area contributed by atoms with Gasteiger partial charge in [0.25, 0.3) is 0 Å². The second-order valence-corrected chi connectivity index (χ2v) is 12.0. The SMILES string of the molecule is C=C1C2=CC[C@@H](c3ccoc3)[C@]2(C)[C@@H](OC(C)=O)[C@@H](OC(C)=O)[C@@H]1[C@@]1(C)C=CC(=O)C(C)(C)[C@@H]1CC(=O)OC. The van der Waals surface area contributed by atoms with Crippen molar-refractivity contribution >= 4 is 23.7 Å². The lowest BCUT2D eigenvalue weighted by atomic mass is 9.47. The number of rotatable bonds is 6. The van der Waals surface area contributed by atoms with E-state index in [4.69, 9.17) is 18.6 Å². The maximum atomic E-state index is 13.1. The maximum Gasteiger partial charge on any atom is 0.305 e. The molecule has 7 atom stereocenters. The van der Waals surface area contributed by atoms with Gasteiger partial charge in [-0.15, -0.1) is 0 Å². The highest BCUT2D eigenvalue weighted by Crippen LogP contribution is 2.65. The van der Waals surface area contributed by atoms with Crippen molar-refractivity contribution in [3.63, 3.8) is 0 Å². The molecule has 1 saturated carbocycles. The second-order valence-electron chi connectivity index (χ2n) is 12.0. The first-order valence-electron chi connectivity index (χ1n) is 13.3. The van der Waals surface area contributed by atoms with Gasteiger partial charge < -0.3 is 18.6 Å². The summed E-state index contributed by atoms with van der Waals surface area (Å²) in [6.07, 6.45) is 7.54. The third-order valence-electron chi connectivity index (χ3n) is 9.46. The molecule has 3 aliphatic rings. The van der Waals surface area contributed by atoms with Crippen molar-refractivity contribution in [2.24, 2.45) is 28.1 Å². The molecule has 1 aromatic heterocycles. The fourth-order valence-corrected chi connectivity index (χ4v) is 7.55. The molecule has 210 valence electrons. The molecule has 0 saturated heterocycles. The van der Waals surface area contributed by atoms with Crippen LogP contribution in [-0.4, -0.2) is 43.0 Å². The van der Waals surface area contributed by atoms with E-state index >= 15 is 0 Å². The Balaban J connectivity index is 1.95. The van der Waals surface area contributed by atoms with E-state index in [0.717, 1.165) is 16.7 Å². The van der Waals surface area contributed by atoms with E-state index in [1.54, 1.807) is 18.6 Å². The highest BCUT2D eigenvalue weighted by atomic mass is 16.6. The van der Waals surface area contributed by atoms with E-state index in [1.807, 2.05) is 33.8 Å². The molecule has 8 nitrogen and oxygen atoms in total. The predicted octanol–water partition coefficient (Wildman–Crippen LogP) is 5.10. The van der Waals surface area contributed by atoms with Gasteiger partial charge in [0, 0.05) is 41.9 Å². The van der Waals surface area contributed by atoms with Crippen molar-refractivity contribution in [2.75, 3.05) is 7.11 Å². The molecule has 0 aromatic carbocycles. The Morgan fingerprint density at radius 3 is 2.33 bits per heavy atom. The lowest BCUT2D eigenvalue weighted by molar-refractivity contribution is -0.190. The van der Waals surface area contributed by atoms with Crippen LogP contribution in [0.15, 0.2) is 59.0 Å². The number of ether oxygens (including phenoxy) is 3. The average Bonchev–Trinajstić information content (AvgIpc) is 3.50. The third kappa shape index (κ3) is 4.47. The van der Waals surface area contributed by atoms with Crippen LogP contribution in [0, 0.1) is 28.1 Å². The van der Waals surface area contributed by atoms with Crippen LogP contribution in [0.4, 0.5) is 0 Å². The fraction of sp³-hybridized carbons (Fsp3) is 0.548. The molecular weight excluding hydrogens is 500 g/mol. The minimum Gasteiger partial charge on any atom is -0.472 e. The molecule has 0 N–H and O–H groups in total. The molecule has 0 aliphatic heterocycles. The van der Waals surface area contributed by atoms with E-state index in [2.05, 4.69) is 12.7 Å². The highest BCUT2D eigenvalue weighted by molar-refractivity contribution is 5.96. The summed E-state index contributed by atoms with van der Waals surface area (Å²) >= 11 is 0. The lowest BCUT2D eigenvalue weighted by Gasteiger charge is -2.58. The van der Waals surface area contributed by atoms with Gasteiger partial charge in [0.1, 0.15) is 12.2 Å². The molecular formula is C31H38O8. The van der Waals surface area contributed by atoms with Crippen LogP contribution in [0.5, 0.6) is 0 Å². The molecule has 1 aromatic rings. The lowest BCUT2D eigenvalue weighted by Crippen LogP contribution is -2.61. The molecule has 0 unspecified atom stereocenters. The van der Waals surface area contributed by atoms with Crippen molar-refractivity contribution in [1.29, 1.82) is 0 Å². The Labute approximate surface area is 229 Å². The number of hydrogen-bond donors (Lipinski definition) is 0. The van der Waals surface area contributed by atoms with E-state index in [-0.39, 0.29) is 18.1 Å². The average molecular weight is 539 g/mol. The minimum atomic E-state index is -0.938. The number of methoxy groups -OCH3 is 1. The summed E-state index contributed by atoms with van der Waals surface area (Å²) in [4.78, 5) is 50.9. The molecule has 3 aliphatic carbocycles. The summed E-state index contributed by atoms with van der Waals surface area (Å²) in [5, 5.41) is 0. The molecule has 0 amide bonds. The smallest absolute Gasteiger partial charge is 0.305 e. The molecule has 4 rings (SSSR count). The van der Waals surface area contributed by atoms with Gasteiger partial charge in [0.2, 0.25) is 0 Å². The number of carbonyl (C=O) groups excluding carboxylic acids is 4. The molecule has 0 spiro atoms. The molecule has 1 fully saturated rings. The van der Waals surface area contributed by atoms with Crippen LogP contribution >= 0.6 is 0 Å². The van der Waals surface area contributed by atoms with Gasteiger partial charge in [-0.05, 0) is 41.2 Å². The molecule has 1 heterocycles. The standard InChI is InChI=1S/C31H38O8/c1-17-21-9-10-22(20-12-14-37-16-20)31(21,7)28(39-19(3)33)27(38-18(2)32)26(17)30(6)13-11-24(34)29(4,5)23(30)15-25(35)36-8/h9,11-14,16,22-23,26-28H,1,10,15H2,2-8H3/t22-,23-,26+,27-,28-,30-,31+/m0/s1. The highest BCUT2D eigenvalue weighted by Gasteiger charge is 2.65. The van der Waals surface area contributed by atoms with Crippen LogP contribution in [-0.2, 0) is 33.4 Å². The van der Waals surface area contributed by atoms with Crippen molar-refractivity contribution in [3.8, 4) is 0 Å². The molecule has 0 bridgehead atoms. The normalized spacial score (nSPS) is 35.2. The van der Waals surface area contributed by atoms with E-state index in [1.165, 1.54) is 27.0 Å². The third-order valence-corrected chi connectivity index (χ3v) is 9.46. The van der Waals surface area contributed by atoms with Crippen molar-refractivity contribution in [3.05, 3.63) is 60.1 Å². The van der Waals surface area contributed by atoms with Gasteiger partial charge in [-0.2, -0.15) is 0 Å². The monoisotopic (exact) mass is 538 g/mol. The Morgan fingerprint density at radius 1 is 1.10 bits per heavy atom. The number of ketones is 1.